The van der Waals surface area contributed by atoms with Crippen LogP contribution in [0, 0.1) is 13.8 Å². The molecular weight excluding hydrogens is 338 g/mol. The van der Waals surface area contributed by atoms with Crippen LogP contribution in [0.1, 0.15) is 66.4 Å². The van der Waals surface area contributed by atoms with Gasteiger partial charge in [0, 0.05) is 25.0 Å². The molecule has 3 heterocycles. The molecule has 2 aromatic heterocycles. The smallest absolute Gasteiger partial charge is 0.257 e. The zero-order chi connectivity index (χ0) is 19.1. The Morgan fingerprint density at radius 2 is 2.04 bits per heavy atom. The molecule has 1 aliphatic heterocycles. The van der Waals surface area contributed by atoms with E-state index in [4.69, 9.17) is 9.40 Å². The SMILES string of the molecule is Cc1cc(C(=O)N2CCCC(c3nc4ccccc4n3C(C)C)C2)c(C)o1. The largest absolute Gasteiger partial charge is 0.466 e. The lowest BCUT2D eigenvalue weighted by Crippen LogP contribution is -2.40. The minimum atomic E-state index is 0.0706. The molecule has 0 bridgehead atoms. The zero-order valence-corrected chi connectivity index (χ0v) is 16.5. The number of aromatic nitrogens is 2. The van der Waals surface area contributed by atoms with Crippen LogP contribution >= 0.6 is 0 Å². The third-order valence-electron chi connectivity index (χ3n) is 5.48. The number of aryl methyl sites for hydroxylation is 2. The van der Waals surface area contributed by atoms with Gasteiger partial charge in [-0.3, -0.25) is 4.79 Å². The van der Waals surface area contributed by atoms with E-state index in [9.17, 15) is 4.79 Å². The maximum absolute atomic E-state index is 13.0. The normalized spacial score (nSPS) is 17.8. The average Bonchev–Trinajstić information content (AvgIpc) is 3.21. The molecule has 0 saturated carbocycles. The molecule has 0 spiro atoms. The molecular formula is C22H27N3O2. The molecule has 3 aromatic rings. The zero-order valence-electron chi connectivity index (χ0n) is 16.5. The molecule has 1 aromatic carbocycles. The number of amides is 1. The fourth-order valence-electron chi connectivity index (χ4n) is 4.28. The Balaban J connectivity index is 1.66. The van der Waals surface area contributed by atoms with Gasteiger partial charge in [-0.1, -0.05) is 12.1 Å². The molecule has 0 N–H and O–H groups in total. The van der Waals surface area contributed by atoms with Crippen LogP contribution in [-0.2, 0) is 0 Å². The van der Waals surface area contributed by atoms with Crippen molar-refractivity contribution in [1.29, 1.82) is 0 Å². The van der Waals surface area contributed by atoms with Crippen molar-refractivity contribution in [2.24, 2.45) is 0 Å². The van der Waals surface area contributed by atoms with Crippen LogP contribution in [0.4, 0.5) is 0 Å². The number of fused-ring (bicyclic) bond motifs is 1. The van der Waals surface area contributed by atoms with Crippen molar-refractivity contribution in [2.45, 2.75) is 52.5 Å². The quantitative estimate of drug-likeness (QED) is 0.667. The van der Waals surface area contributed by atoms with Gasteiger partial charge in [-0.25, -0.2) is 4.98 Å². The van der Waals surface area contributed by atoms with E-state index in [0.717, 1.165) is 36.5 Å². The first-order valence-corrected chi connectivity index (χ1v) is 9.79. The summed E-state index contributed by atoms with van der Waals surface area (Å²) in [5.74, 6) is 2.91. The summed E-state index contributed by atoms with van der Waals surface area (Å²) in [7, 11) is 0. The molecule has 1 unspecified atom stereocenters. The average molecular weight is 365 g/mol. The molecule has 5 heteroatoms. The van der Waals surface area contributed by atoms with Crippen LogP contribution in [-0.4, -0.2) is 33.4 Å². The molecule has 1 amide bonds. The highest BCUT2D eigenvalue weighted by molar-refractivity contribution is 5.95. The van der Waals surface area contributed by atoms with E-state index in [-0.39, 0.29) is 11.8 Å². The molecule has 1 aliphatic rings. The standard InChI is InChI=1S/C22H27N3O2/c1-14(2)25-20-10-6-5-9-19(20)23-21(25)17-8-7-11-24(13-17)22(26)18-12-15(3)27-16(18)4/h5-6,9-10,12,14,17H,7-8,11,13H2,1-4H3. The van der Waals surface area contributed by atoms with Crippen LogP contribution in [0.25, 0.3) is 11.0 Å². The number of hydrogen-bond donors (Lipinski definition) is 0. The van der Waals surface area contributed by atoms with E-state index in [1.807, 2.05) is 30.9 Å². The first kappa shape index (κ1) is 17.8. The molecule has 1 saturated heterocycles. The number of piperidine rings is 1. The van der Waals surface area contributed by atoms with Crippen molar-refractivity contribution in [3.63, 3.8) is 0 Å². The second-order valence-electron chi connectivity index (χ2n) is 7.84. The number of nitrogens with zero attached hydrogens (tertiary/aromatic N) is 3. The van der Waals surface area contributed by atoms with Crippen molar-refractivity contribution in [1.82, 2.24) is 14.5 Å². The van der Waals surface area contributed by atoms with Crippen molar-refractivity contribution in [2.75, 3.05) is 13.1 Å². The molecule has 1 fully saturated rings. The maximum atomic E-state index is 13.0. The Bertz CT molecular complexity index is 983. The molecule has 27 heavy (non-hydrogen) atoms. The van der Waals surface area contributed by atoms with Crippen molar-refractivity contribution in [3.05, 3.63) is 53.2 Å². The lowest BCUT2D eigenvalue weighted by molar-refractivity contribution is 0.0701. The summed E-state index contributed by atoms with van der Waals surface area (Å²) in [6.45, 7) is 9.63. The Labute approximate surface area is 160 Å². The van der Waals surface area contributed by atoms with E-state index in [2.05, 4.69) is 36.6 Å². The fourth-order valence-corrected chi connectivity index (χ4v) is 4.28. The maximum Gasteiger partial charge on any atom is 0.257 e. The predicted octanol–water partition coefficient (Wildman–Crippen LogP) is 4.85. The monoisotopic (exact) mass is 365 g/mol. The third-order valence-corrected chi connectivity index (χ3v) is 5.48. The molecule has 4 rings (SSSR count). The highest BCUT2D eigenvalue weighted by Gasteiger charge is 2.30. The molecule has 0 aliphatic carbocycles. The van der Waals surface area contributed by atoms with Gasteiger partial charge in [0.1, 0.15) is 17.3 Å². The first-order valence-electron chi connectivity index (χ1n) is 9.79. The number of likely N-dealkylation sites (tertiary alicyclic amines) is 1. The van der Waals surface area contributed by atoms with Gasteiger partial charge in [-0.2, -0.15) is 0 Å². The number of furan rings is 1. The van der Waals surface area contributed by atoms with Gasteiger partial charge in [0.15, 0.2) is 0 Å². The molecule has 0 radical (unpaired) electrons. The Morgan fingerprint density at radius 3 is 2.74 bits per heavy atom. The Morgan fingerprint density at radius 1 is 1.26 bits per heavy atom. The molecule has 142 valence electrons. The van der Waals surface area contributed by atoms with E-state index >= 15 is 0 Å². The van der Waals surface area contributed by atoms with Crippen molar-refractivity contribution >= 4 is 16.9 Å². The van der Waals surface area contributed by atoms with Crippen molar-refractivity contribution < 1.29 is 9.21 Å². The number of carbonyl (C=O) groups is 1. The summed E-state index contributed by atoms with van der Waals surface area (Å²) in [6, 6.07) is 10.5. The minimum Gasteiger partial charge on any atom is -0.466 e. The van der Waals surface area contributed by atoms with Gasteiger partial charge >= 0.3 is 0 Å². The van der Waals surface area contributed by atoms with Gasteiger partial charge in [-0.15, -0.1) is 0 Å². The Hall–Kier alpha value is -2.56. The van der Waals surface area contributed by atoms with Gasteiger partial charge in [0.2, 0.25) is 0 Å². The number of benzene rings is 1. The fraction of sp³-hybridized carbons (Fsp3) is 0.455. The second-order valence-corrected chi connectivity index (χ2v) is 7.84. The third kappa shape index (κ3) is 3.15. The van der Waals surface area contributed by atoms with E-state index in [0.29, 0.717) is 23.9 Å². The van der Waals surface area contributed by atoms with E-state index in [1.165, 1.54) is 5.52 Å². The molecule has 5 nitrogen and oxygen atoms in total. The summed E-state index contributed by atoms with van der Waals surface area (Å²) >= 11 is 0. The van der Waals surface area contributed by atoms with Crippen LogP contribution in [0.3, 0.4) is 0 Å². The highest BCUT2D eigenvalue weighted by atomic mass is 16.3. The summed E-state index contributed by atoms with van der Waals surface area (Å²) in [4.78, 5) is 20.0. The first-order chi connectivity index (χ1) is 13.0. The topological polar surface area (TPSA) is 51.3 Å². The summed E-state index contributed by atoms with van der Waals surface area (Å²) in [5.41, 5.74) is 2.89. The summed E-state index contributed by atoms with van der Waals surface area (Å²) in [6.07, 6.45) is 2.05. The van der Waals surface area contributed by atoms with Crippen LogP contribution in [0.15, 0.2) is 34.7 Å². The van der Waals surface area contributed by atoms with Crippen LogP contribution in [0.2, 0.25) is 0 Å². The number of rotatable bonds is 3. The van der Waals surface area contributed by atoms with Crippen molar-refractivity contribution in [3.8, 4) is 0 Å². The van der Waals surface area contributed by atoms with Gasteiger partial charge < -0.3 is 13.9 Å². The second kappa shape index (κ2) is 6.87. The van der Waals surface area contributed by atoms with Crippen LogP contribution < -0.4 is 0 Å². The van der Waals surface area contributed by atoms with E-state index in [1.54, 1.807) is 0 Å². The van der Waals surface area contributed by atoms with Gasteiger partial charge in [0.05, 0.1) is 16.6 Å². The Kier molecular flexibility index (Phi) is 4.54. The lowest BCUT2D eigenvalue weighted by atomic mass is 9.96. The van der Waals surface area contributed by atoms with Crippen LogP contribution in [0.5, 0.6) is 0 Å². The molecule has 1 atom stereocenters. The van der Waals surface area contributed by atoms with Gasteiger partial charge in [0.25, 0.3) is 5.91 Å². The highest BCUT2D eigenvalue weighted by Crippen LogP contribution is 2.32. The lowest BCUT2D eigenvalue weighted by Gasteiger charge is -2.33. The minimum absolute atomic E-state index is 0.0706. The number of imidazole rings is 1. The summed E-state index contributed by atoms with van der Waals surface area (Å²) < 4.78 is 7.90. The summed E-state index contributed by atoms with van der Waals surface area (Å²) in [5, 5.41) is 0. The van der Waals surface area contributed by atoms with Gasteiger partial charge in [-0.05, 0) is 58.7 Å². The van der Waals surface area contributed by atoms with E-state index < -0.39 is 0 Å². The predicted molar refractivity (Wildman–Crippen MR) is 106 cm³/mol. The number of para-hydroxylation sites is 2. The number of carbonyl (C=O) groups excluding carboxylic acids is 1. The number of hydrogen-bond acceptors (Lipinski definition) is 3.